The van der Waals surface area contributed by atoms with Crippen LogP contribution >= 0.6 is 0 Å². The van der Waals surface area contributed by atoms with Gasteiger partial charge in [0.15, 0.2) is 0 Å². The van der Waals surface area contributed by atoms with Crippen LogP contribution in [0.2, 0.25) is 0 Å². The molecule has 2 aromatic heterocycles. The first-order chi connectivity index (χ1) is 11.6. The zero-order valence-corrected chi connectivity index (χ0v) is 13.5. The number of nitrogens with zero attached hydrogens (tertiary/aromatic N) is 4. The van der Waals surface area contributed by atoms with Crippen LogP contribution in [-0.2, 0) is 6.54 Å². The molecule has 0 bridgehead atoms. The maximum atomic E-state index is 12.0. The fraction of sp³-hybridized carbons (Fsp3) is 0.176. The average Bonchev–Trinajstić information content (AvgIpc) is 3.03. The molecule has 122 valence electrons. The highest BCUT2D eigenvalue weighted by Crippen LogP contribution is 2.11. The summed E-state index contributed by atoms with van der Waals surface area (Å²) in [7, 11) is 0. The minimum Gasteiger partial charge on any atom is -0.334 e. The number of hydrogen-bond donors (Lipinski definition) is 2. The number of aryl methyl sites for hydroxylation is 2. The number of carbonyl (C=O) groups is 1. The lowest BCUT2D eigenvalue weighted by Crippen LogP contribution is -2.28. The van der Waals surface area contributed by atoms with E-state index in [4.69, 9.17) is 0 Å². The van der Waals surface area contributed by atoms with Crippen molar-refractivity contribution < 1.29 is 4.79 Å². The molecule has 0 unspecified atom stereocenters. The summed E-state index contributed by atoms with van der Waals surface area (Å²) < 4.78 is 1.50. The number of benzene rings is 1. The zero-order chi connectivity index (χ0) is 16.9. The van der Waals surface area contributed by atoms with Gasteiger partial charge in [-0.25, -0.2) is 19.4 Å². The van der Waals surface area contributed by atoms with Crippen molar-refractivity contribution in [3.63, 3.8) is 0 Å². The molecule has 0 saturated heterocycles. The van der Waals surface area contributed by atoms with Crippen molar-refractivity contribution in [3.05, 3.63) is 65.7 Å². The van der Waals surface area contributed by atoms with Crippen molar-refractivity contribution in [2.75, 3.05) is 5.32 Å². The van der Waals surface area contributed by atoms with Gasteiger partial charge in [-0.3, -0.25) is 0 Å². The van der Waals surface area contributed by atoms with Crippen LogP contribution in [0.25, 0.3) is 5.95 Å². The molecule has 3 aromatic rings. The number of urea groups is 1. The molecule has 0 atom stereocenters. The van der Waals surface area contributed by atoms with Crippen molar-refractivity contribution in [2.24, 2.45) is 0 Å². The second-order valence-electron chi connectivity index (χ2n) is 5.46. The van der Waals surface area contributed by atoms with Crippen molar-refractivity contribution in [1.29, 1.82) is 0 Å². The fourth-order valence-electron chi connectivity index (χ4n) is 2.30. The summed E-state index contributed by atoms with van der Waals surface area (Å²) in [6.07, 6.45) is 6.47. The first-order valence-electron chi connectivity index (χ1n) is 7.55. The molecule has 7 heteroatoms. The van der Waals surface area contributed by atoms with Gasteiger partial charge in [0.05, 0.1) is 18.1 Å². The van der Waals surface area contributed by atoms with Crippen LogP contribution in [0.1, 0.15) is 16.7 Å². The van der Waals surface area contributed by atoms with E-state index >= 15 is 0 Å². The van der Waals surface area contributed by atoms with Crippen molar-refractivity contribution in [3.8, 4) is 5.95 Å². The summed E-state index contributed by atoms with van der Waals surface area (Å²) in [6, 6.07) is 7.59. The number of carbonyl (C=O) groups excluding carboxylic acids is 1. The summed E-state index contributed by atoms with van der Waals surface area (Å²) in [4.78, 5) is 20.2. The quantitative estimate of drug-likeness (QED) is 0.773. The van der Waals surface area contributed by atoms with Crippen molar-refractivity contribution in [1.82, 2.24) is 25.1 Å². The first-order valence-corrected chi connectivity index (χ1v) is 7.55. The molecule has 7 nitrogen and oxygen atoms in total. The molecule has 24 heavy (non-hydrogen) atoms. The molecule has 0 spiro atoms. The largest absolute Gasteiger partial charge is 0.334 e. The maximum Gasteiger partial charge on any atom is 0.319 e. The van der Waals surface area contributed by atoms with E-state index in [0.29, 0.717) is 18.2 Å². The van der Waals surface area contributed by atoms with Crippen LogP contribution in [0.3, 0.4) is 0 Å². The molecule has 0 fully saturated rings. The Bertz CT molecular complexity index is 843. The van der Waals surface area contributed by atoms with Crippen molar-refractivity contribution in [2.45, 2.75) is 20.4 Å². The smallest absolute Gasteiger partial charge is 0.319 e. The van der Waals surface area contributed by atoms with Crippen LogP contribution in [-0.4, -0.2) is 25.8 Å². The lowest BCUT2D eigenvalue weighted by atomic mass is 10.1. The summed E-state index contributed by atoms with van der Waals surface area (Å²) >= 11 is 0. The van der Waals surface area contributed by atoms with E-state index in [1.807, 2.05) is 26.0 Å². The lowest BCUT2D eigenvalue weighted by Gasteiger charge is -2.09. The Morgan fingerprint density at radius 1 is 1.21 bits per heavy atom. The molecule has 2 heterocycles. The Morgan fingerprint density at radius 2 is 2.00 bits per heavy atom. The first kappa shape index (κ1) is 15.7. The molecule has 0 aliphatic carbocycles. The van der Waals surface area contributed by atoms with Gasteiger partial charge in [0.1, 0.15) is 0 Å². The normalized spacial score (nSPS) is 10.4. The standard InChI is InChI=1S/C17H18N6O/c1-12-4-5-14(13(2)8-12)9-20-17(24)22-15-10-21-23(11-15)16-18-6-3-7-19-16/h3-8,10-11H,9H2,1-2H3,(H2,20,22,24). The van der Waals surface area contributed by atoms with Crippen LogP contribution in [0.5, 0.6) is 0 Å². The molecule has 0 aliphatic heterocycles. The molecular weight excluding hydrogens is 304 g/mol. The summed E-state index contributed by atoms with van der Waals surface area (Å²) in [5.41, 5.74) is 4.02. The Hall–Kier alpha value is -3.22. The van der Waals surface area contributed by atoms with E-state index < -0.39 is 0 Å². The van der Waals surface area contributed by atoms with Crippen LogP contribution in [0, 0.1) is 13.8 Å². The average molecular weight is 322 g/mol. The molecular formula is C17H18N6O. The zero-order valence-electron chi connectivity index (χ0n) is 13.5. The Balaban J connectivity index is 1.58. The highest BCUT2D eigenvalue weighted by molar-refractivity contribution is 5.88. The molecule has 2 amide bonds. The molecule has 2 N–H and O–H groups in total. The third-order valence-electron chi connectivity index (χ3n) is 3.54. The van der Waals surface area contributed by atoms with E-state index in [1.165, 1.54) is 10.2 Å². The van der Waals surface area contributed by atoms with E-state index in [0.717, 1.165) is 11.1 Å². The SMILES string of the molecule is Cc1ccc(CNC(=O)Nc2cnn(-c3ncccn3)c2)c(C)c1. The lowest BCUT2D eigenvalue weighted by molar-refractivity contribution is 0.251. The number of amides is 2. The van der Waals surface area contributed by atoms with Gasteiger partial charge < -0.3 is 10.6 Å². The highest BCUT2D eigenvalue weighted by Gasteiger charge is 2.07. The van der Waals surface area contributed by atoms with Gasteiger partial charge in [-0.05, 0) is 31.0 Å². The van der Waals surface area contributed by atoms with Gasteiger partial charge in [0.2, 0.25) is 5.95 Å². The number of rotatable bonds is 4. The summed E-state index contributed by atoms with van der Waals surface area (Å²) in [6.45, 7) is 4.55. The van der Waals surface area contributed by atoms with Crippen LogP contribution < -0.4 is 10.6 Å². The van der Waals surface area contributed by atoms with Crippen LogP contribution in [0.4, 0.5) is 10.5 Å². The Labute approximate surface area is 139 Å². The van der Waals surface area contributed by atoms with Gasteiger partial charge in [0, 0.05) is 18.9 Å². The van der Waals surface area contributed by atoms with Gasteiger partial charge in [-0.2, -0.15) is 5.10 Å². The van der Waals surface area contributed by atoms with E-state index in [9.17, 15) is 4.79 Å². The topological polar surface area (TPSA) is 84.7 Å². The fourth-order valence-corrected chi connectivity index (χ4v) is 2.30. The number of nitrogens with one attached hydrogen (secondary N) is 2. The predicted octanol–water partition coefficient (Wildman–Crippen LogP) is 2.60. The third kappa shape index (κ3) is 3.75. The Kier molecular flexibility index (Phi) is 4.51. The molecule has 1 aromatic carbocycles. The Morgan fingerprint density at radius 3 is 2.75 bits per heavy atom. The van der Waals surface area contributed by atoms with E-state index in [1.54, 1.807) is 30.9 Å². The van der Waals surface area contributed by atoms with Crippen molar-refractivity contribution >= 4 is 11.7 Å². The highest BCUT2D eigenvalue weighted by atomic mass is 16.2. The summed E-state index contributed by atoms with van der Waals surface area (Å²) in [5.74, 6) is 0.446. The summed E-state index contributed by atoms with van der Waals surface area (Å²) in [5, 5.41) is 9.71. The minimum absolute atomic E-state index is 0.288. The van der Waals surface area contributed by atoms with Gasteiger partial charge in [-0.15, -0.1) is 0 Å². The van der Waals surface area contributed by atoms with Gasteiger partial charge >= 0.3 is 6.03 Å². The number of anilines is 1. The van der Waals surface area contributed by atoms with E-state index in [2.05, 4.69) is 31.8 Å². The second kappa shape index (κ2) is 6.91. The molecule has 0 radical (unpaired) electrons. The maximum absolute atomic E-state index is 12.0. The molecule has 0 aliphatic rings. The molecule has 0 saturated carbocycles. The predicted molar refractivity (Wildman–Crippen MR) is 90.9 cm³/mol. The minimum atomic E-state index is -0.288. The third-order valence-corrected chi connectivity index (χ3v) is 3.54. The second-order valence-corrected chi connectivity index (χ2v) is 5.46. The molecule has 3 rings (SSSR count). The monoisotopic (exact) mass is 322 g/mol. The number of hydrogen-bond acceptors (Lipinski definition) is 4. The van der Waals surface area contributed by atoms with Gasteiger partial charge in [-0.1, -0.05) is 23.8 Å². The number of aromatic nitrogens is 4. The van der Waals surface area contributed by atoms with Gasteiger partial charge in [0.25, 0.3) is 0 Å². The van der Waals surface area contributed by atoms with E-state index in [-0.39, 0.29) is 6.03 Å². The van der Waals surface area contributed by atoms with Crippen LogP contribution in [0.15, 0.2) is 49.1 Å².